The van der Waals surface area contributed by atoms with E-state index in [-0.39, 0.29) is 37.5 Å². The molecule has 27 heavy (non-hydrogen) atoms. The lowest BCUT2D eigenvalue weighted by Crippen LogP contribution is -2.46. The van der Waals surface area contributed by atoms with Gasteiger partial charge in [0.1, 0.15) is 5.75 Å². The van der Waals surface area contributed by atoms with Crippen LogP contribution >= 0.6 is 34.8 Å². The molecule has 0 saturated carbocycles. The highest BCUT2D eigenvalue weighted by Gasteiger charge is 2.61. The summed E-state index contributed by atoms with van der Waals surface area (Å²) >= 11 is 17.7. The van der Waals surface area contributed by atoms with Crippen molar-refractivity contribution in [1.82, 2.24) is 0 Å². The van der Waals surface area contributed by atoms with Gasteiger partial charge in [-0.2, -0.15) is 13.2 Å². The molecule has 1 heterocycles. The van der Waals surface area contributed by atoms with Crippen molar-refractivity contribution in [3.05, 3.63) is 69.2 Å². The summed E-state index contributed by atoms with van der Waals surface area (Å²) in [5, 5.41) is 8.76. The van der Waals surface area contributed by atoms with Crippen LogP contribution in [0.25, 0.3) is 5.03 Å². The highest BCUT2D eigenvalue weighted by molar-refractivity contribution is 6.50. The van der Waals surface area contributed by atoms with E-state index in [4.69, 9.17) is 44.6 Å². The third-order valence-electron chi connectivity index (χ3n) is 4.10. The highest BCUT2D eigenvalue weighted by atomic mass is 35.5. The van der Waals surface area contributed by atoms with Gasteiger partial charge in [0, 0.05) is 28.1 Å². The largest absolute Gasteiger partial charge is 0.478 e. The van der Waals surface area contributed by atoms with Crippen molar-refractivity contribution in [3.8, 4) is 5.75 Å². The Hall–Kier alpha value is -1.89. The van der Waals surface area contributed by atoms with Crippen molar-refractivity contribution in [3.63, 3.8) is 0 Å². The Labute approximate surface area is 166 Å². The van der Waals surface area contributed by atoms with Crippen molar-refractivity contribution in [2.45, 2.75) is 18.2 Å². The fourth-order valence-corrected chi connectivity index (χ4v) is 3.66. The van der Waals surface area contributed by atoms with E-state index in [2.05, 4.69) is 0 Å². The molecule has 142 valence electrons. The molecular formula is C18H10Cl3F3O3. The van der Waals surface area contributed by atoms with Crippen LogP contribution in [0.1, 0.15) is 16.7 Å². The molecular weight excluding hydrogens is 428 g/mol. The first-order valence-electron chi connectivity index (χ1n) is 7.47. The molecule has 2 aromatic rings. The number of carbonyl (C=O) groups is 1. The van der Waals surface area contributed by atoms with E-state index in [0.717, 1.165) is 18.2 Å². The van der Waals surface area contributed by atoms with Gasteiger partial charge in [0.15, 0.2) is 0 Å². The predicted molar refractivity (Wildman–Crippen MR) is 96.4 cm³/mol. The molecule has 1 N–H and O–H groups in total. The number of hydrogen-bond acceptors (Lipinski definition) is 2. The summed E-state index contributed by atoms with van der Waals surface area (Å²) < 4.78 is 47.5. The zero-order valence-electron chi connectivity index (χ0n) is 13.3. The van der Waals surface area contributed by atoms with Gasteiger partial charge in [-0.25, -0.2) is 4.79 Å². The minimum atomic E-state index is -4.76. The van der Waals surface area contributed by atoms with Gasteiger partial charge in [-0.15, -0.1) is 0 Å². The monoisotopic (exact) mass is 436 g/mol. The van der Waals surface area contributed by atoms with Gasteiger partial charge in [-0.05, 0) is 47.5 Å². The first kappa shape index (κ1) is 19.9. The molecule has 1 unspecified atom stereocenters. The lowest BCUT2D eigenvalue weighted by molar-refractivity contribution is -0.248. The average molecular weight is 438 g/mol. The molecule has 0 bridgehead atoms. The van der Waals surface area contributed by atoms with E-state index in [1.54, 1.807) is 0 Å². The molecule has 0 spiro atoms. The second-order valence-corrected chi connectivity index (χ2v) is 7.19. The number of benzene rings is 2. The van der Waals surface area contributed by atoms with E-state index in [9.17, 15) is 18.0 Å². The second kappa shape index (κ2) is 6.93. The van der Waals surface area contributed by atoms with Crippen LogP contribution in [0.4, 0.5) is 13.2 Å². The molecule has 0 saturated heterocycles. The molecule has 0 fully saturated rings. The van der Waals surface area contributed by atoms with E-state index < -0.39 is 24.2 Å². The number of carboxylic acid groups (broad SMARTS) is 1. The number of halogens is 6. The van der Waals surface area contributed by atoms with Crippen LogP contribution in [0.15, 0.2) is 42.5 Å². The minimum absolute atomic E-state index is 0.0203. The van der Waals surface area contributed by atoms with Crippen LogP contribution in [0, 0.1) is 0 Å². The highest BCUT2D eigenvalue weighted by Crippen LogP contribution is 2.52. The fourth-order valence-electron chi connectivity index (χ4n) is 2.92. The number of hydrogen-bond donors (Lipinski definition) is 1. The maximum Gasteiger partial charge on any atom is 0.432 e. The molecule has 3 rings (SSSR count). The van der Waals surface area contributed by atoms with Crippen LogP contribution in [-0.4, -0.2) is 17.3 Å². The number of fused-ring (bicyclic) bond motifs is 1. The summed E-state index contributed by atoms with van der Waals surface area (Å²) in [6, 6.07) is 7.72. The van der Waals surface area contributed by atoms with Gasteiger partial charge in [-0.3, -0.25) is 0 Å². The lowest BCUT2D eigenvalue weighted by atomic mass is 9.88. The Bertz CT molecular complexity index is 936. The number of ether oxygens (including phenoxy) is 1. The Morgan fingerprint density at radius 3 is 2.33 bits per heavy atom. The zero-order valence-corrected chi connectivity index (χ0v) is 15.5. The Kier molecular flexibility index (Phi) is 5.10. The molecule has 3 nitrogen and oxygen atoms in total. The van der Waals surface area contributed by atoms with Crippen molar-refractivity contribution in [1.29, 1.82) is 0 Å². The van der Waals surface area contributed by atoms with E-state index in [1.165, 1.54) is 24.3 Å². The number of carboxylic acids is 1. The van der Waals surface area contributed by atoms with Crippen LogP contribution in [-0.2, 0) is 16.8 Å². The van der Waals surface area contributed by atoms with Gasteiger partial charge in [-0.1, -0.05) is 34.8 Å². The fraction of sp³-hybridized carbons (Fsp3) is 0.167. The van der Waals surface area contributed by atoms with E-state index in [1.807, 2.05) is 0 Å². The van der Waals surface area contributed by atoms with Crippen LogP contribution in [0.5, 0.6) is 5.75 Å². The van der Waals surface area contributed by atoms with Gasteiger partial charge in [0.2, 0.25) is 5.60 Å². The Morgan fingerprint density at radius 1 is 1.15 bits per heavy atom. The zero-order chi connectivity index (χ0) is 20.0. The van der Waals surface area contributed by atoms with Crippen molar-refractivity contribution in [2.75, 3.05) is 0 Å². The second-order valence-electron chi connectivity index (χ2n) is 5.91. The van der Waals surface area contributed by atoms with E-state index >= 15 is 0 Å². The first-order valence-corrected chi connectivity index (χ1v) is 8.61. The summed E-state index contributed by atoms with van der Waals surface area (Å²) in [6.45, 7) is 0. The normalized spacial score (nSPS) is 19.6. The van der Waals surface area contributed by atoms with Crippen LogP contribution < -0.4 is 4.74 Å². The predicted octanol–water partition coefficient (Wildman–Crippen LogP) is 6.05. The summed E-state index contributed by atoms with van der Waals surface area (Å²) in [7, 11) is 0. The molecule has 0 amide bonds. The van der Waals surface area contributed by atoms with Crippen LogP contribution in [0.2, 0.25) is 10.0 Å². The number of rotatable bonds is 3. The van der Waals surface area contributed by atoms with Crippen molar-refractivity contribution >= 4 is 45.8 Å². The maximum atomic E-state index is 14.0. The average Bonchev–Trinajstić information content (AvgIpc) is 2.93. The van der Waals surface area contributed by atoms with Gasteiger partial charge in [0.05, 0.1) is 5.03 Å². The topological polar surface area (TPSA) is 46.5 Å². The Balaban J connectivity index is 2.10. The molecule has 9 heteroatoms. The maximum absolute atomic E-state index is 14.0. The SMILES string of the molecule is O=C(O)/C=C(/Cl)c1ccc2c(c1)CC(c1cc(Cl)cc(Cl)c1)(C(F)(F)F)O2. The summed E-state index contributed by atoms with van der Waals surface area (Å²) in [5.41, 5.74) is -2.38. The molecule has 0 aliphatic carbocycles. The molecule has 0 aromatic heterocycles. The summed E-state index contributed by atoms with van der Waals surface area (Å²) in [4.78, 5) is 10.7. The lowest BCUT2D eigenvalue weighted by Gasteiger charge is -2.31. The van der Waals surface area contributed by atoms with Gasteiger partial charge in [0.25, 0.3) is 0 Å². The smallest absolute Gasteiger partial charge is 0.432 e. The van der Waals surface area contributed by atoms with Gasteiger partial charge >= 0.3 is 12.1 Å². The molecule has 1 atom stereocenters. The standard InChI is InChI=1S/C18H10Cl3F3O3/c19-12-4-11(5-13(20)6-12)17(18(22,23)24)8-10-3-9(1-2-15(10)27-17)14(21)7-16(25)26/h1-7H,8H2,(H,25,26)/b14-7+. The quantitative estimate of drug-likeness (QED) is 0.595. The summed E-state index contributed by atoms with van der Waals surface area (Å²) in [6.07, 6.45) is -4.54. The number of alkyl halides is 3. The minimum Gasteiger partial charge on any atom is -0.478 e. The van der Waals surface area contributed by atoms with Crippen molar-refractivity contribution < 1.29 is 27.8 Å². The van der Waals surface area contributed by atoms with Gasteiger partial charge < -0.3 is 9.84 Å². The summed E-state index contributed by atoms with van der Waals surface area (Å²) in [5.74, 6) is -1.25. The Morgan fingerprint density at radius 2 is 1.78 bits per heavy atom. The first-order chi connectivity index (χ1) is 12.5. The molecule has 0 radical (unpaired) electrons. The number of aliphatic carboxylic acids is 1. The van der Waals surface area contributed by atoms with Crippen LogP contribution in [0.3, 0.4) is 0 Å². The molecule has 2 aromatic carbocycles. The van der Waals surface area contributed by atoms with Crippen molar-refractivity contribution in [2.24, 2.45) is 0 Å². The van der Waals surface area contributed by atoms with E-state index in [0.29, 0.717) is 0 Å². The third-order valence-corrected chi connectivity index (χ3v) is 4.86. The third kappa shape index (κ3) is 3.74. The molecule has 1 aliphatic heterocycles. The molecule has 1 aliphatic rings.